The first-order valence-corrected chi connectivity index (χ1v) is 9.16. The van der Waals surface area contributed by atoms with Crippen LogP contribution in [0.4, 0.5) is 5.69 Å². The molecular weight excluding hydrogens is 357 g/mol. The minimum atomic E-state index is -0.783. The van der Waals surface area contributed by atoms with E-state index in [0.29, 0.717) is 23.9 Å². The Morgan fingerprint density at radius 2 is 1.76 bits per heavy atom. The lowest BCUT2D eigenvalue weighted by molar-refractivity contribution is -0.127. The average Bonchev–Trinajstić information content (AvgIpc) is 2.83. The zero-order chi connectivity index (χ0) is 18.2. The van der Waals surface area contributed by atoms with Crippen LogP contribution in [-0.2, 0) is 33.2 Å². The van der Waals surface area contributed by atoms with Crippen LogP contribution in [0.3, 0.4) is 0 Å². The van der Waals surface area contributed by atoms with Crippen molar-refractivity contribution >= 4 is 40.7 Å². The highest BCUT2D eigenvalue weighted by Gasteiger charge is 2.48. The van der Waals surface area contributed by atoms with Crippen LogP contribution in [0.1, 0.15) is 36.1 Å². The Labute approximate surface area is 157 Å². The predicted octanol–water partition coefficient (Wildman–Crippen LogP) is 4.56. The summed E-state index contributed by atoms with van der Waals surface area (Å²) < 4.78 is 0. The third-order valence-electron chi connectivity index (χ3n) is 4.85. The number of carbonyl (C=O) groups excluding carboxylic acids is 2. The van der Waals surface area contributed by atoms with Gasteiger partial charge in [-0.1, -0.05) is 36.4 Å². The Bertz CT molecular complexity index is 849. The van der Waals surface area contributed by atoms with E-state index in [2.05, 4.69) is 0 Å². The van der Waals surface area contributed by atoms with Gasteiger partial charge in [0.15, 0.2) is 0 Å². The first-order chi connectivity index (χ1) is 11.9. The van der Waals surface area contributed by atoms with Crippen LogP contribution in [0.15, 0.2) is 42.5 Å². The fourth-order valence-corrected chi connectivity index (χ4v) is 4.05. The van der Waals surface area contributed by atoms with Gasteiger partial charge in [-0.3, -0.25) is 9.59 Å². The highest BCUT2D eigenvalue weighted by Crippen LogP contribution is 2.43. The summed E-state index contributed by atoms with van der Waals surface area (Å²) in [5.41, 5.74) is 3.74. The molecule has 2 amide bonds. The number of hydrogen-bond acceptors (Lipinski definition) is 2. The van der Waals surface area contributed by atoms with Gasteiger partial charge in [0, 0.05) is 18.7 Å². The van der Waals surface area contributed by atoms with Crippen LogP contribution in [-0.4, -0.2) is 11.8 Å². The maximum Gasteiger partial charge on any atom is 0.244 e. The van der Waals surface area contributed by atoms with Gasteiger partial charge in [0.05, 0.1) is 11.1 Å². The third kappa shape index (κ3) is 2.96. The lowest BCUT2D eigenvalue weighted by Gasteiger charge is -2.24. The Kier molecular flexibility index (Phi) is 4.90. The van der Waals surface area contributed by atoms with Gasteiger partial charge in [0.2, 0.25) is 11.8 Å². The molecule has 5 heteroatoms. The van der Waals surface area contributed by atoms with E-state index in [9.17, 15) is 9.59 Å². The number of imide groups is 1. The first-order valence-electron chi connectivity index (χ1n) is 8.09. The summed E-state index contributed by atoms with van der Waals surface area (Å²) in [5.74, 6) is 0.325. The van der Waals surface area contributed by atoms with E-state index in [1.165, 1.54) is 11.8 Å². The van der Waals surface area contributed by atoms with Crippen LogP contribution >= 0.6 is 23.2 Å². The fourth-order valence-electron chi connectivity index (χ4n) is 3.54. The lowest BCUT2D eigenvalue weighted by atomic mass is 9.78. The van der Waals surface area contributed by atoms with Gasteiger partial charge in [0.1, 0.15) is 0 Å². The highest BCUT2D eigenvalue weighted by atomic mass is 35.5. The van der Waals surface area contributed by atoms with E-state index in [1.807, 2.05) is 49.4 Å². The Balaban J connectivity index is 2.05. The normalized spacial score (nSPS) is 19.2. The maximum atomic E-state index is 13.1. The number of alkyl halides is 2. The zero-order valence-electron chi connectivity index (χ0n) is 14.2. The van der Waals surface area contributed by atoms with Gasteiger partial charge >= 0.3 is 0 Å². The molecule has 0 aliphatic carbocycles. The standard InChI is InChI=1S/C20H19Cl2NO2/c1-13(24)23-18-6-4-3-5-17(18)20(2,19(23)25)10-14-7-8-15(11-21)16(9-14)12-22/h3-9H,10-12H2,1-2H3. The molecule has 0 N–H and O–H groups in total. The zero-order valence-corrected chi connectivity index (χ0v) is 15.7. The molecule has 0 saturated heterocycles. The SMILES string of the molecule is CC(=O)N1C(=O)C(C)(Cc2ccc(CCl)c(CCl)c2)c2ccccc21. The third-order valence-corrected chi connectivity index (χ3v) is 5.42. The first kappa shape index (κ1) is 18.0. The van der Waals surface area contributed by atoms with Gasteiger partial charge in [-0.2, -0.15) is 0 Å². The number of hydrogen-bond donors (Lipinski definition) is 0. The summed E-state index contributed by atoms with van der Waals surface area (Å²) in [5, 5.41) is 0. The molecule has 130 valence electrons. The highest BCUT2D eigenvalue weighted by molar-refractivity contribution is 6.22. The van der Waals surface area contributed by atoms with Gasteiger partial charge in [-0.25, -0.2) is 4.90 Å². The monoisotopic (exact) mass is 375 g/mol. The molecule has 3 rings (SSSR count). The summed E-state index contributed by atoms with van der Waals surface area (Å²) in [6, 6.07) is 13.4. The van der Waals surface area contributed by atoms with E-state index < -0.39 is 5.41 Å². The Morgan fingerprint density at radius 1 is 1.08 bits per heavy atom. The van der Waals surface area contributed by atoms with Crippen molar-refractivity contribution in [1.29, 1.82) is 0 Å². The second-order valence-corrected chi connectivity index (χ2v) is 7.09. The van der Waals surface area contributed by atoms with Crippen molar-refractivity contribution in [3.05, 3.63) is 64.7 Å². The number of halogens is 2. The topological polar surface area (TPSA) is 37.4 Å². The number of para-hydroxylation sites is 1. The molecule has 1 aliphatic rings. The minimum absolute atomic E-state index is 0.185. The number of carbonyl (C=O) groups is 2. The van der Waals surface area contributed by atoms with Crippen LogP contribution in [0.2, 0.25) is 0 Å². The predicted molar refractivity (Wildman–Crippen MR) is 101 cm³/mol. The summed E-state index contributed by atoms with van der Waals surface area (Å²) in [6.07, 6.45) is 0.499. The molecule has 1 atom stereocenters. The second-order valence-electron chi connectivity index (χ2n) is 6.56. The van der Waals surface area contributed by atoms with Crippen molar-refractivity contribution < 1.29 is 9.59 Å². The van der Waals surface area contributed by atoms with E-state index in [-0.39, 0.29) is 11.8 Å². The smallest absolute Gasteiger partial charge is 0.244 e. The van der Waals surface area contributed by atoms with Crippen molar-refractivity contribution in [3.63, 3.8) is 0 Å². The number of nitrogens with zero attached hydrogens (tertiary/aromatic N) is 1. The van der Waals surface area contributed by atoms with Crippen LogP contribution in [0.5, 0.6) is 0 Å². The van der Waals surface area contributed by atoms with Crippen molar-refractivity contribution in [2.24, 2.45) is 0 Å². The molecule has 0 aromatic heterocycles. The minimum Gasteiger partial charge on any atom is -0.274 e. The fraction of sp³-hybridized carbons (Fsp3) is 0.300. The van der Waals surface area contributed by atoms with Crippen LogP contribution in [0, 0.1) is 0 Å². The summed E-state index contributed by atoms with van der Waals surface area (Å²) in [7, 11) is 0. The van der Waals surface area contributed by atoms with E-state index in [1.54, 1.807) is 0 Å². The molecule has 0 spiro atoms. The molecule has 0 radical (unpaired) electrons. The van der Waals surface area contributed by atoms with Crippen molar-refractivity contribution in [3.8, 4) is 0 Å². The second kappa shape index (κ2) is 6.81. The summed E-state index contributed by atoms with van der Waals surface area (Å²) >= 11 is 12.0. The number of benzene rings is 2. The largest absolute Gasteiger partial charge is 0.274 e. The van der Waals surface area contributed by atoms with Gasteiger partial charge in [-0.15, -0.1) is 23.2 Å². The maximum absolute atomic E-state index is 13.1. The van der Waals surface area contributed by atoms with Crippen molar-refractivity contribution in [2.75, 3.05) is 4.90 Å². The molecule has 0 saturated carbocycles. The van der Waals surface area contributed by atoms with E-state index in [4.69, 9.17) is 23.2 Å². The lowest BCUT2D eigenvalue weighted by Crippen LogP contribution is -2.42. The van der Waals surface area contributed by atoms with Crippen molar-refractivity contribution in [2.45, 2.75) is 37.4 Å². The molecule has 0 bridgehead atoms. The Hall–Kier alpha value is -1.84. The molecular formula is C20H19Cl2NO2. The van der Waals surface area contributed by atoms with E-state index in [0.717, 1.165) is 22.3 Å². The van der Waals surface area contributed by atoms with Gasteiger partial charge < -0.3 is 0 Å². The molecule has 1 unspecified atom stereocenters. The number of anilines is 1. The summed E-state index contributed by atoms with van der Waals surface area (Å²) in [6.45, 7) is 3.31. The van der Waals surface area contributed by atoms with Crippen LogP contribution in [0.25, 0.3) is 0 Å². The average molecular weight is 376 g/mol. The summed E-state index contributed by atoms with van der Waals surface area (Å²) in [4.78, 5) is 26.4. The number of amides is 2. The van der Waals surface area contributed by atoms with Gasteiger partial charge in [0.25, 0.3) is 0 Å². The Morgan fingerprint density at radius 3 is 2.40 bits per heavy atom. The molecule has 25 heavy (non-hydrogen) atoms. The number of fused-ring (bicyclic) bond motifs is 1. The van der Waals surface area contributed by atoms with Gasteiger partial charge in [-0.05, 0) is 41.7 Å². The van der Waals surface area contributed by atoms with E-state index >= 15 is 0 Å². The molecule has 2 aromatic carbocycles. The molecule has 2 aromatic rings. The van der Waals surface area contributed by atoms with Crippen molar-refractivity contribution in [1.82, 2.24) is 0 Å². The quantitative estimate of drug-likeness (QED) is 0.734. The molecule has 0 fully saturated rings. The molecule has 1 heterocycles. The van der Waals surface area contributed by atoms with Crippen LogP contribution < -0.4 is 4.90 Å². The molecule has 3 nitrogen and oxygen atoms in total. The molecule has 1 aliphatic heterocycles. The number of rotatable bonds is 4.